The first kappa shape index (κ1) is 10.1. The van der Waals surface area contributed by atoms with Gasteiger partial charge in [-0.3, -0.25) is 8.86 Å². The largest absolute Gasteiger partial charge is 0.264 e. The van der Waals surface area contributed by atoms with Crippen LogP contribution in [0.4, 0.5) is 0 Å². The van der Waals surface area contributed by atoms with Crippen molar-refractivity contribution < 1.29 is 12.6 Å². The third kappa shape index (κ3) is 3.51. The Morgan fingerprint density at radius 2 is 2.31 bits per heavy atom. The average molecular weight is 205 g/mol. The van der Waals surface area contributed by atoms with Gasteiger partial charge in [-0.2, -0.15) is 13.5 Å². The van der Waals surface area contributed by atoms with E-state index in [2.05, 4.69) is 14.3 Å². The van der Waals surface area contributed by atoms with Crippen LogP contribution in [0.5, 0.6) is 0 Å². The molecule has 0 saturated heterocycles. The molecule has 0 unspecified atom stereocenters. The van der Waals surface area contributed by atoms with Crippen molar-refractivity contribution in [1.82, 2.24) is 14.8 Å². The molecule has 1 rings (SSSR count). The molecular formula is C6H11N3O3S. The van der Waals surface area contributed by atoms with E-state index in [0.29, 0.717) is 12.4 Å². The van der Waals surface area contributed by atoms with Gasteiger partial charge in [-0.05, 0) is 6.92 Å². The summed E-state index contributed by atoms with van der Waals surface area (Å²) in [5.74, 6) is 0.368. The lowest BCUT2D eigenvalue weighted by molar-refractivity contribution is 0.301. The van der Waals surface area contributed by atoms with E-state index < -0.39 is 10.1 Å². The van der Waals surface area contributed by atoms with Gasteiger partial charge in [-0.25, -0.2) is 4.98 Å². The summed E-state index contributed by atoms with van der Waals surface area (Å²) in [4.78, 5) is 3.85. The van der Waals surface area contributed by atoms with Gasteiger partial charge in [0.25, 0.3) is 10.1 Å². The van der Waals surface area contributed by atoms with E-state index >= 15 is 0 Å². The molecule has 0 bridgehead atoms. The van der Waals surface area contributed by atoms with Gasteiger partial charge in [-0.1, -0.05) is 0 Å². The minimum atomic E-state index is -3.41. The van der Waals surface area contributed by atoms with Gasteiger partial charge in [0, 0.05) is 6.54 Å². The molecule has 74 valence electrons. The number of nitrogens with zero attached hydrogens (tertiary/aromatic N) is 3. The van der Waals surface area contributed by atoms with Crippen LogP contribution in [0.3, 0.4) is 0 Å². The minimum Gasteiger partial charge on any atom is -0.262 e. The molecule has 0 saturated carbocycles. The SMILES string of the molecule is CCn1cnc(COS(C)(=O)=O)n1. The molecule has 0 aliphatic heterocycles. The van der Waals surface area contributed by atoms with Gasteiger partial charge in [0.1, 0.15) is 12.9 Å². The van der Waals surface area contributed by atoms with Crippen LogP contribution >= 0.6 is 0 Å². The van der Waals surface area contributed by atoms with Gasteiger partial charge in [0.05, 0.1) is 6.26 Å². The molecule has 6 nitrogen and oxygen atoms in total. The fraction of sp³-hybridized carbons (Fsp3) is 0.667. The van der Waals surface area contributed by atoms with Crippen molar-refractivity contribution in [1.29, 1.82) is 0 Å². The average Bonchev–Trinajstić information content (AvgIpc) is 2.47. The van der Waals surface area contributed by atoms with Crippen LogP contribution in [0.1, 0.15) is 12.7 Å². The zero-order chi connectivity index (χ0) is 9.90. The van der Waals surface area contributed by atoms with Crippen molar-refractivity contribution in [2.75, 3.05) is 6.26 Å². The molecule has 13 heavy (non-hydrogen) atoms. The number of aromatic nitrogens is 3. The smallest absolute Gasteiger partial charge is 0.262 e. The molecule has 0 fully saturated rings. The first-order chi connectivity index (χ1) is 6.01. The van der Waals surface area contributed by atoms with E-state index in [9.17, 15) is 8.42 Å². The minimum absolute atomic E-state index is 0.105. The second-order valence-corrected chi connectivity index (χ2v) is 4.13. The van der Waals surface area contributed by atoms with Crippen molar-refractivity contribution in [3.8, 4) is 0 Å². The lowest BCUT2D eigenvalue weighted by Gasteiger charge is -1.95. The molecule has 0 aliphatic carbocycles. The number of hydrogen-bond donors (Lipinski definition) is 0. The van der Waals surface area contributed by atoms with E-state index in [4.69, 9.17) is 0 Å². The Labute approximate surface area is 76.7 Å². The van der Waals surface area contributed by atoms with Crippen LogP contribution in [-0.4, -0.2) is 29.4 Å². The van der Waals surface area contributed by atoms with Crippen molar-refractivity contribution in [3.05, 3.63) is 12.2 Å². The Kier molecular flexibility index (Phi) is 2.99. The molecule has 7 heteroatoms. The highest BCUT2D eigenvalue weighted by Gasteiger charge is 2.05. The first-order valence-corrected chi connectivity index (χ1v) is 5.55. The van der Waals surface area contributed by atoms with E-state index in [1.807, 2.05) is 6.92 Å². The molecule has 0 aliphatic rings. The Morgan fingerprint density at radius 3 is 2.77 bits per heavy atom. The van der Waals surface area contributed by atoms with Crippen molar-refractivity contribution >= 4 is 10.1 Å². The molecule has 0 atom stereocenters. The van der Waals surface area contributed by atoms with Gasteiger partial charge in [-0.15, -0.1) is 0 Å². The standard InChI is InChI=1S/C6H11N3O3S/c1-3-9-5-7-6(8-9)4-12-13(2,10)11/h5H,3-4H2,1-2H3. The Bertz CT molecular complexity index is 370. The van der Waals surface area contributed by atoms with Crippen molar-refractivity contribution in [3.63, 3.8) is 0 Å². The maximum Gasteiger partial charge on any atom is 0.264 e. The maximum absolute atomic E-state index is 10.6. The molecule has 0 amide bonds. The number of aryl methyl sites for hydroxylation is 1. The summed E-state index contributed by atoms with van der Waals surface area (Å²) < 4.78 is 27.3. The van der Waals surface area contributed by atoms with E-state index in [1.54, 1.807) is 4.68 Å². The topological polar surface area (TPSA) is 74.1 Å². The Morgan fingerprint density at radius 1 is 1.62 bits per heavy atom. The molecular weight excluding hydrogens is 194 g/mol. The Balaban J connectivity index is 2.55. The normalized spacial score (nSPS) is 11.8. The van der Waals surface area contributed by atoms with E-state index in [1.165, 1.54) is 6.33 Å². The van der Waals surface area contributed by atoms with Crippen molar-refractivity contribution in [2.45, 2.75) is 20.1 Å². The predicted molar refractivity (Wildman–Crippen MR) is 45.3 cm³/mol. The molecule has 1 aromatic heterocycles. The van der Waals surface area contributed by atoms with Crippen LogP contribution in [0.25, 0.3) is 0 Å². The van der Waals surface area contributed by atoms with Gasteiger partial charge in [0.15, 0.2) is 5.82 Å². The summed E-state index contributed by atoms with van der Waals surface area (Å²) >= 11 is 0. The third-order valence-corrected chi connectivity index (χ3v) is 1.86. The fourth-order valence-electron chi connectivity index (χ4n) is 0.711. The van der Waals surface area contributed by atoms with Gasteiger partial charge in [0.2, 0.25) is 0 Å². The van der Waals surface area contributed by atoms with Gasteiger partial charge >= 0.3 is 0 Å². The molecule has 0 spiro atoms. The summed E-state index contributed by atoms with van der Waals surface area (Å²) in [6.07, 6.45) is 2.52. The van der Waals surface area contributed by atoms with Crippen LogP contribution in [-0.2, 0) is 27.5 Å². The molecule has 1 aromatic rings. The highest BCUT2D eigenvalue weighted by molar-refractivity contribution is 7.85. The zero-order valence-corrected chi connectivity index (χ0v) is 8.28. The quantitative estimate of drug-likeness (QED) is 0.635. The number of rotatable bonds is 4. The van der Waals surface area contributed by atoms with Crippen LogP contribution in [0, 0.1) is 0 Å². The fourth-order valence-corrected chi connectivity index (χ4v) is 1.03. The van der Waals surface area contributed by atoms with Crippen LogP contribution < -0.4 is 0 Å². The third-order valence-electron chi connectivity index (χ3n) is 1.31. The highest BCUT2D eigenvalue weighted by Crippen LogP contribution is 1.96. The molecule has 1 heterocycles. The number of hydrogen-bond acceptors (Lipinski definition) is 5. The zero-order valence-electron chi connectivity index (χ0n) is 7.47. The molecule has 0 radical (unpaired) electrons. The maximum atomic E-state index is 10.6. The highest BCUT2D eigenvalue weighted by atomic mass is 32.2. The monoisotopic (exact) mass is 205 g/mol. The lowest BCUT2D eigenvalue weighted by Crippen LogP contribution is -2.04. The van der Waals surface area contributed by atoms with E-state index in [-0.39, 0.29) is 6.61 Å². The molecule has 0 aromatic carbocycles. The summed E-state index contributed by atoms with van der Waals surface area (Å²) in [6, 6.07) is 0. The van der Waals surface area contributed by atoms with Crippen LogP contribution in [0.15, 0.2) is 6.33 Å². The first-order valence-electron chi connectivity index (χ1n) is 3.74. The van der Waals surface area contributed by atoms with Crippen molar-refractivity contribution in [2.24, 2.45) is 0 Å². The summed E-state index contributed by atoms with van der Waals surface area (Å²) in [6.45, 7) is 2.51. The summed E-state index contributed by atoms with van der Waals surface area (Å²) in [7, 11) is -3.41. The summed E-state index contributed by atoms with van der Waals surface area (Å²) in [5, 5.41) is 3.95. The molecule has 0 N–H and O–H groups in total. The van der Waals surface area contributed by atoms with Gasteiger partial charge < -0.3 is 0 Å². The second-order valence-electron chi connectivity index (χ2n) is 2.48. The van der Waals surface area contributed by atoms with Crippen LogP contribution in [0.2, 0.25) is 0 Å². The lowest BCUT2D eigenvalue weighted by atomic mass is 10.7. The summed E-state index contributed by atoms with van der Waals surface area (Å²) in [5.41, 5.74) is 0. The second kappa shape index (κ2) is 3.84. The van der Waals surface area contributed by atoms with E-state index in [0.717, 1.165) is 6.26 Å². The predicted octanol–water partition coefficient (Wildman–Crippen LogP) is -0.226. The Hall–Kier alpha value is -0.950.